The van der Waals surface area contributed by atoms with Crippen LogP contribution >= 0.6 is 0 Å². The number of rotatable bonds is 7. The first-order chi connectivity index (χ1) is 18.4. The van der Waals surface area contributed by atoms with E-state index in [0.717, 1.165) is 76.1 Å². The Kier molecular flexibility index (Phi) is 6.59. The van der Waals surface area contributed by atoms with Gasteiger partial charge in [-0.25, -0.2) is 4.98 Å². The molecule has 0 spiro atoms. The standard InChI is InChI=1S/C30H35N7O/c1-18(2)13-28-32-30(36-34-28)23-8-10-26-25(16-23)29(35-33-26)22-6-5-21-15-24(9-7-20(21)14-22)38-19(3)27-17-37(4)12-11-31-27/h5-10,14-16,18-19,27,31H,11-13,17H2,1-4H3,(H,33,35)(H,32,34,36). The summed E-state index contributed by atoms with van der Waals surface area (Å²) >= 11 is 0. The molecule has 5 aromatic rings. The summed E-state index contributed by atoms with van der Waals surface area (Å²) < 4.78 is 6.33. The molecule has 8 nitrogen and oxygen atoms in total. The van der Waals surface area contributed by atoms with Gasteiger partial charge >= 0.3 is 0 Å². The van der Waals surface area contributed by atoms with Crippen LogP contribution in [0.25, 0.3) is 44.3 Å². The zero-order valence-electron chi connectivity index (χ0n) is 22.5. The summed E-state index contributed by atoms with van der Waals surface area (Å²) in [6.45, 7) is 9.57. The highest BCUT2D eigenvalue weighted by Gasteiger charge is 2.23. The van der Waals surface area contributed by atoms with Crippen molar-refractivity contribution in [2.75, 3.05) is 26.7 Å². The third-order valence-electron chi connectivity index (χ3n) is 7.34. The number of benzene rings is 3. The van der Waals surface area contributed by atoms with Crippen LogP contribution in [0.3, 0.4) is 0 Å². The predicted octanol–water partition coefficient (Wildman–Crippen LogP) is 5.04. The second-order valence-electron chi connectivity index (χ2n) is 10.9. The first-order valence-corrected chi connectivity index (χ1v) is 13.5. The van der Waals surface area contributed by atoms with E-state index >= 15 is 0 Å². The second-order valence-corrected chi connectivity index (χ2v) is 10.9. The number of hydrogen-bond acceptors (Lipinski definition) is 6. The molecule has 0 bridgehead atoms. The quantitative estimate of drug-likeness (QED) is 0.285. The Hall–Kier alpha value is -3.75. The molecule has 1 aliphatic rings. The fraction of sp³-hybridized carbons (Fsp3) is 0.367. The van der Waals surface area contributed by atoms with E-state index in [9.17, 15) is 0 Å². The molecule has 1 fully saturated rings. The Labute approximate surface area is 222 Å². The van der Waals surface area contributed by atoms with E-state index in [2.05, 4.69) is 101 Å². The average molecular weight is 510 g/mol. The lowest BCUT2D eigenvalue weighted by Crippen LogP contribution is -2.55. The zero-order valence-corrected chi connectivity index (χ0v) is 22.5. The lowest BCUT2D eigenvalue weighted by Gasteiger charge is -2.34. The monoisotopic (exact) mass is 509 g/mol. The van der Waals surface area contributed by atoms with E-state index in [1.807, 2.05) is 12.1 Å². The first kappa shape index (κ1) is 24.6. The largest absolute Gasteiger partial charge is 0.489 e. The van der Waals surface area contributed by atoms with Crippen molar-refractivity contribution in [2.45, 2.75) is 39.3 Å². The highest BCUT2D eigenvalue weighted by molar-refractivity contribution is 5.97. The SMILES string of the molecule is CC(C)Cc1nc(-c2ccc3[nH]nc(-c4ccc5cc(OC(C)C6CN(C)CCN6)ccc5c4)c3c2)n[nH]1. The van der Waals surface area contributed by atoms with Crippen LogP contribution in [0, 0.1) is 5.92 Å². The van der Waals surface area contributed by atoms with Gasteiger partial charge in [0, 0.05) is 42.6 Å². The molecule has 3 heterocycles. The van der Waals surface area contributed by atoms with Crippen molar-refractivity contribution in [3.63, 3.8) is 0 Å². The lowest BCUT2D eigenvalue weighted by atomic mass is 10.0. The predicted molar refractivity (Wildman–Crippen MR) is 152 cm³/mol. The Morgan fingerprint density at radius 3 is 2.61 bits per heavy atom. The van der Waals surface area contributed by atoms with Crippen molar-refractivity contribution in [3.05, 3.63) is 60.4 Å². The molecule has 1 aliphatic heterocycles. The summed E-state index contributed by atoms with van der Waals surface area (Å²) in [5, 5.41) is 22.3. The molecule has 2 unspecified atom stereocenters. The summed E-state index contributed by atoms with van der Waals surface area (Å²) in [5.41, 5.74) is 3.94. The normalized spacial score (nSPS) is 17.4. The van der Waals surface area contributed by atoms with E-state index < -0.39 is 0 Å². The van der Waals surface area contributed by atoms with Crippen molar-refractivity contribution in [2.24, 2.45) is 5.92 Å². The van der Waals surface area contributed by atoms with Crippen LogP contribution in [-0.4, -0.2) is 69.1 Å². The topological polar surface area (TPSA) is 94.8 Å². The highest BCUT2D eigenvalue weighted by Crippen LogP contribution is 2.32. The maximum absolute atomic E-state index is 6.33. The molecular formula is C30H35N7O. The highest BCUT2D eigenvalue weighted by atomic mass is 16.5. The number of ether oxygens (including phenoxy) is 1. The van der Waals surface area contributed by atoms with Crippen molar-refractivity contribution >= 4 is 21.7 Å². The van der Waals surface area contributed by atoms with Crippen molar-refractivity contribution in [1.82, 2.24) is 35.6 Å². The molecule has 2 aromatic heterocycles. The number of nitrogens with zero attached hydrogens (tertiary/aromatic N) is 4. The van der Waals surface area contributed by atoms with Crippen LogP contribution in [0.5, 0.6) is 5.75 Å². The van der Waals surface area contributed by atoms with Gasteiger partial charge in [0.25, 0.3) is 0 Å². The summed E-state index contributed by atoms with van der Waals surface area (Å²) in [4.78, 5) is 7.05. The van der Waals surface area contributed by atoms with Crippen LogP contribution in [0.4, 0.5) is 0 Å². The smallest absolute Gasteiger partial charge is 0.181 e. The van der Waals surface area contributed by atoms with Gasteiger partial charge in [-0.2, -0.15) is 10.2 Å². The van der Waals surface area contributed by atoms with E-state index in [-0.39, 0.29) is 6.10 Å². The van der Waals surface area contributed by atoms with Gasteiger partial charge in [-0.05, 0) is 67.1 Å². The number of H-pyrrole nitrogens is 2. The number of likely N-dealkylation sites (N-methyl/N-ethyl adjacent to an activating group) is 1. The number of piperazine rings is 1. The minimum absolute atomic E-state index is 0.0875. The Balaban J connectivity index is 1.25. The number of aromatic nitrogens is 5. The van der Waals surface area contributed by atoms with E-state index in [1.54, 1.807) is 0 Å². The first-order valence-electron chi connectivity index (χ1n) is 13.5. The van der Waals surface area contributed by atoms with E-state index in [0.29, 0.717) is 17.8 Å². The second kappa shape index (κ2) is 10.2. The van der Waals surface area contributed by atoms with Gasteiger partial charge in [-0.15, -0.1) is 0 Å². The zero-order chi connectivity index (χ0) is 26.2. The molecule has 8 heteroatoms. The third kappa shape index (κ3) is 5.01. The molecule has 3 N–H and O–H groups in total. The molecule has 0 saturated carbocycles. The molecule has 0 radical (unpaired) electrons. The summed E-state index contributed by atoms with van der Waals surface area (Å²) in [7, 11) is 2.16. The van der Waals surface area contributed by atoms with Crippen LogP contribution in [0.2, 0.25) is 0 Å². The Bertz CT molecular complexity index is 1570. The minimum Gasteiger partial charge on any atom is -0.489 e. The van der Waals surface area contributed by atoms with Crippen LogP contribution in [-0.2, 0) is 6.42 Å². The number of fused-ring (bicyclic) bond motifs is 2. The summed E-state index contributed by atoms with van der Waals surface area (Å²) in [6, 6.07) is 19.3. The van der Waals surface area contributed by atoms with Gasteiger partial charge in [0.1, 0.15) is 17.7 Å². The van der Waals surface area contributed by atoms with Gasteiger partial charge < -0.3 is 15.0 Å². The van der Waals surface area contributed by atoms with Gasteiger partial charge in [0.15, 0.2) is 5.82 Å². The lowest BCUT2D eigenvalue weighted by molar-refractivity contribution is 0.120. The van der Waals surface area contributed by atoms with Gasteiger partial charge in [0.2, 0.25) is 0 Å². The summed E-state index contributed by atoms with van der Waals surface area (Å²) in [6.07, 6.45) is 0.966. The Morgan fingerprint density at radius 1 is 0.947 bits per heavy atom. The summed E-state index contributed by atoms with van der Waals surface area (Å²) in [5.74, 6) is 3.04. The number of nitrogens with one attached hydrogen (secondary N) is 3. The van der Waals surface area contributed by atoms with Crippen molar-refractivity contribution < 1.29 is 4.74 Å². The van der Waals surface area contributed by atoms with Crippen LogP contribution in [0.1, 0.15) is 26.6 Å². The van der Waals surface area contributed by atoms with Crippen LogP contribution < -0.4 is 10.1 Å². The number of aromatic amines is 2. The molecule has 2 atom stereocenters. The van der Waals surface area contributed by atoms with Gasteiger partial charge in [-0.3, -0.25) is 10.2 Å². The van der Waals surface area contributed by atoms with Gasteiger partial charge in [0.05, 0.1) is 17.3 Å². The van der Waals surface area contributed by atoms with Crippen molar-refractivity contribution in [1.29, 1.82) is 0 Å². The Morgan fingerprint density at radius 2 is 1.76 bits per heavy atom. The fourth-order valence-electron chi connectivity index (χ4n) is 5.26. The number of hydrogen-bond donors (Lipinski definition) is 3. The van der Waals surface area contributed by atoms with Gasteiger partial charge in [-0.1, -0.05) is 32.0 Å². The maximum Gasteiger partial charge on any atom is 0.181 e. The maximum atomic E-state index is 6.33. The van der Waals surface area contributed by atoms with E-state index in [1.165, 1.54) is 0 Å². The van der Waals surface area contributed by atoms with Crippen LogP contribution in [0.15, 0.2) is 54.6 Å². The minimum atomic E-state index is 0.0875. The molecular weight excluding hydrogens is 474 g/mol. The average Bonchev–Trinajstić information content (AvgIpc) is 3.55. The third-order valence-corrected chi connectivity index (χ3v) is 7.34. The molecule has 0 amide bonds. The molecule has 0 aliphatic carbocycles. The molecule has 1 saturated heterocycles. The molecule has 38 heavy (non-hydrogen) atoms. The molecule has 3 aromatic carbocycles. The van der Waals surface area contributed by atoms with E-state index in [4.69, 9.17) is 9.72 Å². The fourth-order valence-corrected chi connectivity index (χ4v) is 5.26. The molecule has 6 rings (SSSR count). The molecule has 196 valence electrons. The van der Waals surface area contributed by atoms with Crippen molar-refractivity contribution in [3.8, 4) is 28.4 Å².